The van der Waals surface area contributed by atoms with Crippen LogP contribution < -0.4 is 0 Å². The Hall–Kier alpha value is -0.770. The molecule has 29 heavy (non-hydrogen) atoms. The largest absolute Gasteiger partial charge is 0.457 e. The fraction of sp³-hybridized carbons (Fsp3) is 0.952. The van der Waals surface area contributed by atoms with Crippen LogP contribution in [0.1, 0.15) is 78.1 Å². The smallest absolute Gasteiger partial charge is 0.306 e. The Morgan fingerprint density at radius 1 is 0.931 bits per heavy atom. The van der Waals surface area contributed by atoms with Gasteiger partial charge in [0, 0.05) is 6.42 Å². The first-order valence-electron chi connectivity index (χ1n) is 10.9. The molecule has 0 aromatic carbocycles. The van der Waals surface area contributed by atoms with Gasteiger partial charge >= 0.3 is 5.97 Å². The summed E-state index contributed by atoms with van der Waals surface area (Å²) < 4.78 is 9.70. The predicted octanol–water partition coefficient (Wildman–Crippen LogP) is 1.29. The normalized spacial score (nSPS) is 19.5. The van der Waals surface area contributed by atoms with Gasteiger partial charge in [-0.15, -0.1) is 0 Å². The van der Waals surface area contributed by atoms with E-state index in [1.165, 1.54) is 32.1 Å². The molecule has 1 aliphatic rings. The van der Waals surface area contributed by atoms with E-state index in [0.717, 1.165) is 25.9 Å². The summed E-state index contributed by atoms with van der Waals surface area (Å²) in [7, 11) is 0. The summed E-state index contributed by atoms with van der Waals surface area (Å²) in [5, 5.41) is 46.7. The minimum atomic E-state index is -1.67. The number of aliphatic hydroxyl groups is 5. The molecule has 0 bridgehead atoms. The monoisotopic (exact) mass is 422 g/mol. The fourth-order valence-corrected chi connectivity index (χ4v) is 2.69. The maximum absolute atomic E-state index is 11.8. The summed E-state index contributed by atoms with van der Waals surface area (Å²) in [5.41, 5.74) is 0. The average molecular weight is 423 g/mol. The molecule has 5 atom stereocenters. The quantitative estimate of drug-likeness (QED) is 0.142. The van der Waals surface area contributed by atoms with Crippen molar-refractivity contribution in [1.82, 2.24) is 0 Å². The van der Waals surface area contributed by atoms with Crippen molar-refractivity contribution in [3.05, 3.63) is 0 Å². The van der Waals surface area contributed by atoms with Crippen molar-refractivity contribution < 1.29 is 39.8 Å². The Bertz CT molecular complexity index is 389. The molecule has 1 unspecified atom stereocenters. The SMILES string of the molecule is CC1CO1.CCCCCCCCCCCC(=O)O[C@@H]([C@H](O)[C@@H](O)CO)[C@H](O)CO. The molecule has 0 saturated carbocycles. The molecule has 0 radical (unpaired) electrons. The van der Waals surface area contributed by atoms with E-state index >= 15 is 0 Å². The lowest BCUT2D eigenvalue weighted by molar-refractivity contribution is -0.177. The second-order valence-corrected chi connectivity index (χ2v) is 7.67. The Labute approximate surface area is 174 Å². The van der Waals surface area contributed by atoms with Crippen LogP contribution in [-0.4, -0.2) is 81.8 Å². The number of aliphatic hydroxyl groups excluding tert-OH is 5. The summed E-state index contributed by atoms with van der Waals surface area (Å²) in [6, 6.07) is 0. The summed E-state index contributed by atoms with van der Waals surface area (Å²) >= 11 is 0. The van der Waals surface area contributed by atoms with Gasteiger partial charge in [0.15, 0.2) is 6.10 Å². The number of ether oxygens (including phenoxy) is 2. The van der Waals surface area contributed by atoms with Gasteiger partial charge in [0.05, 0.1) is 25.9 Å². The molecule has 1 aliphatic heterocycles. The van der Waals surface area contributed by atoms with E-state index in [0.29, 0.717) is 12.5 Å². The second kappa shape index (κ2) is 18.0. The van der Waals surface area contributed by atoms with E-state index in [-0.39, 0.29) is 6.42 Å². The molecule has 1 heterocycles. The average Bonchev–Trinajstić information content (AvgIpc) is 3.51. The van der Waals surface area contributed by atoms with Gasteiger partial charge in [0.25, 0.3) is 0 Å². The molecule has 0 aromatic heterocycles. The highest BCUT2D eigenvalue weighted by molar-refractivity contribution is 5.69. The van der Waals surface area contributed by atoms with Gasteiger partial charge in [-0.3, -0.25) is 4.79 Å². The summed E-state index contributed by atoms with van der Waals surface area (Å²) in [6.07, 6.45) is 4.49. The highest BCUT2D eigenvalue weighted by Crippen LogP contribution is 2.14. The zero-order valence-corrected chi connectivity index (χ0v) is 18.0. The summed E-state index contributed by atoms with van der Waals surface area (Å²) in [5.74, 6) is -0.607. The van der Waals surface area contributed by atoms with Gasteiger partial charge in [-0.1, -0.05) is 58.3 Å². The number of rotatable bonds is 16. The van der Waals surface area contributed by atoms with Crippen molar-refractivity contribution in [2.24, 2.45) is 0 Å². The third-order valence-electron chi connectivity index (χ3n) is 4.74. The van der Waals surface area contributed by atoms with Gasteiger partial charge in [0.2, 0.25) is 0 Å². The van der Waals surface area contributed by atoms with Crippen molar-refractivity contribution in [2.45, 2.75) is 109 Å². The van der Waals surface area contributed by atoms with Gasteiger partial charge in [-0.25, -0.2) is 0 Å². The zero-order valence-electron chi connectivity index (χ0n) is 18.0. The maximum atomic E-state index is 11.8. The first kappa shape index (κ1) is 28.2. The van der Waals surface area contributed by atoms with Crippen LogP contribution in [-0.2, 0) is 14.3 Å². The lowest BCUT2D eigenvalue weighted by atomic mass is 10.0. The van der Waals surface area contributed by atoms with Crippen LogP contribution in [0.25, 0.3) is 0 Å². The summed E-state index contributed by atoms with van der Waals surface area (Å²) in [4.78, 5) is 11.8. The maximum Gasteiger partial charge on any atom is 0.306 e. The predicted molar refractivity (Wildman–Crippen MR) is 109 cm³/mol. The number of epoxide rings is 1. The number of unbranched alkanes of at least 4 members (excludes halogenated alkanes) is 8. The lowest BCUT2D eigenvalue weighted by Crippen LogP contribution is -2.49. The van der Waals surface area contributed by atoms with Gasteiger partial charge in [-0.2, -0.15) is 0 Å². The van der Waals surface area contributed by atoms with Gasteiger partial charge in [0.1, 0.15) is 18.3 Å². The van der Waals surface area contributed by atoms with Crippen LogP contribution in [0, 0.1) is 0 Å². The van der Waals surface area contributed by atoms with E-state index in [1.54, 1.807) is 0 Å². The molecule has 0 aliphatic carbocycles. The Kier molecular flexibility index (Phi) is 17.6. The Balaban J connectivity index is 0.00000172. The molecule has 174 valence electrons. The Morgan fingerprint density at radius 2 is 1.38 bits per heavy atom. The molecule has 1 saturated heterocycles. The molecule has 1 fully saturated rings. The first-order chi connectivity index (χ1) is 13.9. The first-order valence-corrected chi connectivity index (χ1v) is 10.9. The minimum absolute atomic E-state index is 0.145. The van der Waals surface area contributed by atoms with E-state index in [4.69, 9.17) is 19.7 Å². The lowest BCUT2D eigenvalue weighted by Gasteiger charge is -2.28. The van der Waals surface area contributed by atoms with Crippen molar-refractivity contribution in [2.75, 3.05) is 19.8 Å². The molecule has 5 N–H and O–H groups in total. The number of hydrogen-bond donors (Lipinski definition) is 5. The van der Waals surface area contributed by atoms with Crippen molar-refractivity contribution >= 4 is 5.97 Å². The van der Waals surface area contributed by atoms with Crippen LogP contribution in [0.2, 0.25) is 0 Å². The minimum Gasteiger partial charge on any atom is -0.457 e. The topological polar surface area (TPSA) is 140 Å². The van der Waals surface area contributed by atoms with Gasteiger partial charge in [-0.05, 0) is 13.3 Å². The molecule has 8 heteroatoms. The number of carbonyl (C=O) groups is 1. The third kappa shape index (κ3) is 15.7. The van der Waals surface area contributed by atoms with Crippen molar-refractivity contribution in [1.29, 1.82) is 0 Å². The van der Waals surface area contributed by atoms with Crippen molar-refractivity contribution in [3.63, 3.8) is 0 Å². The number of carbonyl (C=O) groups excluding carboxylic acids is 1. The molecular formula is C21H42O8. The zero-order chi connectivity index (χ0) is 22.1. The second-order valence-electron chi connectivity index (χ2n) is 7.67. The Morgan fingerprint density at radius 3 is 1.79 bits per heavy atom. The van der Waals surface area contributed by atoms with E-state index in [1.807, 2.05) is 0 Å². The van der Waals surface area contributed by atoms with Crippen LogP contribution in [0.4, 0.5) is 0 Å². The molecule has 8 nitrogen and oxygen atoms in total. The van der Waals surface area contributed by atoms with E-state index < -0.39 is 43.6 Å². The third-order valence-corrected chi connectivity index (χ3v) is 4.74. The van der Waals surface area contributed by atoms with Crippen LogP contribution in [0.15, 0.2) is 0 Å². The molecular weight excluding hydrogens is 380 g/mol. The molecule has 0 aromatic rings. The van der Waals surface area contributed by atoms with Crippen LogP contribution >= 0.6 is 0 Å². The van der Waals surface area contributed by atoms with E-state index in [2.05, 4.69) is 13.8 Å². The molecule has 1 rings (SSSR count). The van der Waals surface area contributed by atoms with Gasteiger partial charge < -0.3 is 35.0 Å². The molecule has 0 amide bonds. The van der Waals surface area contributed by atoms with Crippen LogP contribution in [0.5, 0.6) is 0 Å². The number of hydrogen-bond acceptors (Lipinski definition) is 8. The van der Waals surface area contributed by atoms with Crippen molar-refractivity contribution in [3.8, 4) is 0 Å². The fourth-order valence-electron chi connectivity index (χ4n) is 2.69. The van der Waals surface area contributed by atoms with Crippen LogP contribution in [0.3, 0.4) is 0 Å². The molecule has 0 spiro atoms. The standard InChI is InChI=1S/C18H36O7.C3H6O/c1-2-3-4-5-6-7-8-9-10-11-16(23)25-18(15(22)13-20)17(24)14(21)12-19;1-3-2-4-3/h14-15,17-22,24H,2-13H2,1H3;3H,2H2,1H3/t14-,15+,17+,18+;/m0./s1. The highest BCUT2D eigenvalue weighted by Gasteiger charge is 2.34. The highest BCUT2D eigenvalue weighted by atomic mass is 16.6. The van der Waals surface area contributed by atoms with E-state index in [9.17, 15) is 20.1 Å². The summed E-state index contributed by atoms with van der Waals surface area (Å²) in [6.45, 7) is 3.75. The number of esters is 1.